The Labute approximate surface area is 127 Å². The van der Waals surface area contributed by atoms with Crippen LogP contribution in [-0.2, 0) is 4.79 Å². The summed E-state index contributed by atoms with van der Waals surface area (Å²) < 4.78 is 13.0. The van der Waals surface area contributed by atoms with Crippen molar-refractivity contribution in [2.75, 3.05) is 5.32 Å². The van der Waals surface area contributed by atoms with Crippen molar-refractivity contribution in [3.63, 3.8) is 0 Å². The number of hydrogen-bond acceptors (Lipinski definition) is 4. The Morgan fingerprint density at radius 1 is 1.43 bits per heavy atom. The number of amides is 1. The fraction of sp³-hybridized carbons (Fsp3) is 0. The van der Waals surface area contributed by atoms with Crippen molar-refractivity contribution < 1.29 is 19.1 Å². The molecule has 0 atom stereocenters. The van der Waals surface area contributed by atoms with Gasteiger partial charge in [0.1, 0.15) is 5.82 Å². The smallest absolute Gasteiger partial charge is 0.328 e. The van der Waals surface area contributed by atoms with Gasteiger partial charge in [-0.3, -0.25) is 10.1 Å². The molecule has 21 heavy (non-hydrogen) atoms. The Kier molecular flexibility index (Phi) is 4.66. The predicted octanol–water partition coefficient (Wildman–Crippen LogP) is 3.29. The number of aromatic nitrogens is 1. The number of carbonyl (C=O) groups is 2. The fourth-order valence-electron chi connectivity index (χ4n) is 1.38. The molecule has 0 spiro atoms. The number of anilines is 1. The molecule has 0 unspecified atom stereocenters. The van der Waals surface area contributed by atoms with E-state index in [9.17, 15) is 14.0 Å². The highest BCUT2D eigenvalue weighted by Gasteiger charge is 2.10. The van der Waals surface area contributed by atoms with Gasteiger partial charge in [-0.1, -0.05) is 22.9 Å². The van der Waals surface area contributed by atoms with E-state index in [2.05, 4.69) is 10.3 Å². The van der Waals surface area contributed by atoms with Crippen molar-refractivity contribution in [2.45, 2.75) is 0 Å². The van der Waals surface area contributed by atoms with Gasteiger partial charge in [0.2, 0.25) is 0 Å². The SMILES string of the molecule is O=C(O)/C=C/c1cnc(NC(=O)c2ccc(F)c(Cl)c2)s1. The fourth-order valence-corrected chi connectivity index (χ4v) is 2.28. The van der Waals surface area contributed by atoms with Gasteiger partial charge < -0.3 is 5.11 Å². The molecular formula is C13H8ClFN2O3S. The minimum absolute atomic E-state index is 0.146. The van der Waals surface area contributed by atoms with Crippen LogP contribution in [0.1, 0.15) is 15.2 Å². The zero-order valence-electron chi connectivity index (χ0n) is 10.3. The molecule has 2 N–H and O–H groups in total. The van der Waals surface area contributed by atoms with Gasteiger partial charge in [-0.25, -0.2) is 14.2 Å². The highest BCUT2D eigenvalue weighted by atomic mass is 35.5. The molecule has 1 heterocycles. The van der Waals surface area contributed by atoms with Gasteiger partial charge in [0, 0.05) is 22.7 Å². The lowest BCUT2D eigenvalue weighted by Gasteiger charge is -2.02. The molecule has 108 valence electrons. The molecule has 1 aromatic heterocycles. The van der Waals surface area contributed by atoms with Crippen molar-refractivity contribution in [1.82, 2.24) is 4.98 Å². The summed E-state index contributed by atoms with van der Waals surface area (Å²) >= 11 is 6.71. The number of nitrogens with zero attached hydrogens (tertiary/aromatic N) is 1. The first-order chi connectivity index (χ1) is 9.95. The van der Waals surface area contributed by atoms with Gasteiger partial charge in [-0.2, -0.15) is 0 Å². The van der Waals surface area contributed by atoms with Crippen LogP contribution in [0.4, 0.5) is 9.52 Å². The molecule has 2 aromatic rings. The van der Waals surface area contributed by atoms with E-state index in [0.717, 1.165) is 23.5 Å². The Hall–Kier alpha value is -2.25. The maximum absolute atomic E-state index is 13.0. The zero-order valence-corrected chi connectivity index (χ0v) is 11.9. The van der Waals surface area contributed by atoms with Crippen molar-refractivity contribution in [1.29, 1.82) is 0 Å². The van der Waals surface area contributed by atoms with E-state index >= 15 is 0 Å². The minimum atomic E-state index is -1.07. The summed E-state index contributed by atoms with van der Waals surface area (Å²) in [5.41, 5.74) is 0.194. The van der Waals surface area contributed by atoms with E-state index in [1.165, 1.54) is 24.4 Å². The zero-order chi connectivity index (χ0) is 15.4. The standard InChI is InChI=1S/C13H8ClFN2O3S/c14-9-5-7(1-3-10(9)15)12(20)17-13-16-6-8(21-13)2-4-11(18)19/h1-6H,(H,18,19)(H,16,17,20)/b4-2+. The van der Waals surface area contributed by atoms with Crippen LogP contribution >= 0.6 is 22.9 Å². The maximum Gasteiger partial charge on any atom is 0.328 e. The average molecular weight is 327 g/mol. The van der Waals surface area contributed by atoms with Crippen molar-refractivity contribution >= 4 is 46.0 Å². The molecule has 0 aliphatic rings. The maximum atomic E-state index is 13.0. The molecule has 0 saturated heterocycles. The van der Waals surface area contributed by atoms with Crippen molar-refractivity contribution in [2.24, 2.45) is 0 Å². The number of carboxylic acid groups (broad SMARTS) is 1. The quantitative estimate of drug-likeness (QED) is 0.845. The highest BCUT2D eigenvalue weighted by molar-refractivity contribution is 7.16. The van der Waals surface area contributed by atoms with Gasteiger partial charge in [0.05, 0.1) is 5.02 Å². The Balaban J connectivity index is 2.09. The molecule has 8 heteroatoms. The summed E-state index contributed by atoms with van der Waals surface area (Å²) in [6.07, 6.45) is 3.76. The van der Waals surface area contributed by atoms with E-state index in [1.54, 1.807) is 0 Å². The summed E-state index contributed by atoms with van der Waals surface area (Å²) in [6.45, 7) is 0. The molecule has 0 radical (unpaired) electrons. The molecule has 1 amide bonds. The van der Waals surface area contributed by atoms with Gasteiger partial charge in [-0.05, 0) is 24.3 Å². The molecule has 0 aliphatic carbocycles. The summed E-state index contributed by atoms with van der Waals surface area (Å²) in [6, 6.07) is 3.61. The third-order valence-corrected chi connectivity index (χ3v) is 3.48. The van der Waals surface area contributed by atoms with Gasteiger partial charge in [0.15, 0.2) is 5.13 Å². The molecule has 5 nitrogen and oxygen atoms in total. The number of aliphatic carboxylic acids is 1. The van der Waals surface area contributed by atoms with E-state index < -0.39 is 17.7 Å². The second-order valence-electron chi connectivity index (χ2n) is 3.82. The predicted molar refractivity (Wildman–Crippen MR) is 78.1 cm³/mol. The number of hydrogen-bond donors (Lipinski definition) is 2. The van der Waals surface area contributed by atoms with Crippen LogP contribution in [0.3, 0.4) is 0 Å². The second kappa shape index (κ2) is 6.47. The van der Waals surface area contributed by atoms with Crippen molar-refractivity contribution in [3.8, 4) is 0 Å². The van der Waals surface area contributed by atoms with Crippen LogP contribution in [0.15, 0.2) is 30.5 Å². The van der Waals surface area contributed by atoms with Crippen LogP contribution in [0.25, 0.3) is 6.08 Å². The molecule has 0 fully saturated rings. The Bertz CT molecular complexity index is 730. The minimum Gasteiger partial charge on any atom is -0.478 e. The third kappa shape index (κ3) is 4.11. The number of carboxylic acids is 1. The van der Waals surface area contributed by atoms with Crippen LogP contribution in [-0.4, -0.2) is 22.0 Å². The monoisotopic (exact) mass is 326 g/mol. The Morgan fingerprint density at radius 2 is 2.19 bits per heavy atom. The molecule has 0 saturated carbocycles. The number of benzene rings is 1. The normalized spacial score (nSPS) is 10.8. The van der Waals surface area contributed by atoms with Crippen LogP contribution in [0.5, 0.6) is 0 Å². The second-order valence-corrected chi connectivity index (χ2v) is 5.29. The van der Waals surface area contributed by atoms with E-state index in [0.29, 0.717) is 10.0 Å². The average Bonchev–Trinajstić information content (AvgIpc) is 2.87. The summed E-state index contributed by atoms with van der Waals surface area (Å²) in [5, 5.41) is 11.2. The summed E-state index contributed by atoms with van der Waals surface area (Å²) in [7, 11) is 0. The number of carbonyl (C=O) groups excluding carboxylic acids is 1. The van der Waals surface area contributed by atoms with E-state index in [-0.39, 0.29) is 10.6 Å². The van der Waals surface area contributed by atoms with E-state index in [1.807, 2.05) is 0 Å². The van der Waals surface area contributed by atoms with Crippen molar-refractivity contribution in [3.05, 3.63) is 51.8 Å². The summed E-state index contributed by atoms with van der Waals surface area (Å²) in [4.78, 5) is 26.8. The van der Waals surface area contributed by atoms with Crippen LogP contribution in [0, 0.1) is 5.82 Å². The molecule has 1 aromatic carbocycles. The lowest BCUT2D eigenvalue weighted by molar-refractivity contribution is -0.131. The summed E-state index contributed by atoms with van der Waals surface area (Å²) in [5.74, 6) is -2.17. The lowest BCUT2D eigenvalue weighted by Crippen LogP contribution is -2.11. The van der Waals surface area contributed by atoms with Gasteiger partial charge >= 0.3 is 5.97 Å². The topological polar surface area (TPSA) is 79.3 Å². The van der Waals surface area contributed by atoms with Crippen LogP contribution in [0.2, 0.25) is 5.02 Å². The van der Waals surface area contributed by atoms with E-state index in [4.69, 9.17) is 16.7 Å². The number of rotatable bonds is 4. The molecule has 0 bridgehead atoms. The third-order valence-electron chi connectivity index (χ3n) is 2.32. The molecular weight excluding hydrogens is 319 g/mol. The first-order valence-corrected chi connectivity index (χ1v) is 6.78. The number of nitrogens with one attached hydrogen (secondary N) is 1. The van der Waals surface area contributed by atoms with Gasteiger partial charge in [0.25, 0.3) is 5.91 Å². The first-order valence-electron chi connectivity index (χ1n) is 5.59. The number of halogens is 2. The molecule has 0 aliphatic heterocycles. The molecule has 2 rings (SSSR count). The Morgan fingerprint density at radius 3 is 2.86 bits per heavy atom. The number of thiazole rings is 1. The van der Waals surface area contributed by atoms with Crippen LogP contribution < -0.4 is 5.32 Å². The van der Waals surface area contributed by atoms with Gasteiger partial charge in [-0.15, -0.1) is 0 Å². The highest BCUT2D eigenvalue weighted by Crippen LogP contribution is 2.21. The largest absolute Gasteiger partial charge is 0.478 e. The lowest BCUT2D eigenvalue weighted by atomic mass is 10.2. The first kappa shape index (κ1) is 15.1.